The Balaban J connectivity index is 0.931. The third kappa shape index (κ3) is 5.42. The van der Waals surface area contributed by atoms with E-state index in [0.717, 1.165) is 99.8 Å². The van der Waals surface area contributed by atoms with Crippen molar-refractivity contribution < 1.29 is 0 Å². The van der Waals surface area contributed by atoms with Crippen LogP contribution < -0.4 is 0 Å². The summed E-state index contributed by atoms with van der Waals surface area (Å²) in [5, 5.41) is 4.36. The number of nitrogens with zero attached hydrogens (tertiary/aromatic N) is 5. The minimum Gasteiger partial charge on any atom is -0.256 e. The van der Waals surface area contributed by atoms with Crippen molar-refractivity contribution in [2.75, 3.05) is 0 Å². The molecule has 0 fully saturated rings. The Bertz CT molecular complexity index is 2970. The molecule has 5 aromatic heterocycles. The predicted octanol–water partition coefficient (Wildman–Crippen LogP) is 11.6. The van der Waals surface area contributed by atoms with E-state index in [9.17, 15) is 0 Å². The third-order valence-electron chi connectivity index (χ3n) is 9.72. The fourth-order valence-corrected chi connectivity index (χ4v) is 7.03. The van der Waals surface area contributed by atoms with Gasteiger partial charge >= 0.3 is 0 Å². The summed E-state index contributed by atoms with van der Waals surface area (Å²) in [5.41, 5.74) is 14.0. The van der Waals surface area contributed by atoms with E-state index < -0.39 is 0 Å². The molecule has 5 heteroatoms. The Kier molecular flexibility index (Phi) is 7.07. The number of pyridine rings is 5. The van der Waals surface area contributed by atoms with Crippen molar-refractivity contribution in [2.24, 2.45) is 0 Å². The molecule has 0 radical (unpaired) electrons. The van der Waals surface area contributed by atoms with E-state index in [-0.39, 0.29) is 0 Å². The van der Waals surface area contributed by atoms with Crippen molar-refractivity contribution >= 4 is 43.6 Å². The van der Waals surface area contributed by atoms with E-state index in [2.05, 4.69) is 149 Å². The summed E-state index contributed by atoms with van der Waals surface area (Å²) in [7, 11) is 0. The lowest BCUT2D eigenvalue weighted by Crippen LogP contribution is -1.90. The second-order valence-electron chi connectivity index (χ2n) is 13.0. The first-order chi connectivity index (χ1) is 25.7. The van der Waals surface area contributed by atoms with Crippen LogP contribution in [0.1, 0.15) is 0 Å². The van der Waals surface area contributed by atoms with Crippen LogP contribution in [0, 0.1) is 0 Å². The fourth-order valence-electron chi connectivity index (χ4n) is 7.03. The van der Waals surface area contributed by atoms with Gasteiger partial charge in [0.15, 0.2) is 0 Å². The molecule has 0 bridgehead atoms. The first kappa shape index (κ1) is 29.8. The van der Waals surface area contributed by atoms with Crippen LogP contribution in [0.25, 0.3) is 99.8 Å². The zero-order valence-electron chi connectivity index (χ0n) is 28.0. The SMILES string of the molecule is c1ccc(-c2cccc(-c3ccc4cc(-c5ccc6nc(-c7cccc(-c8ccc9ccc%10cccnc%10c9n8)c7)ccc6c5)ccc4n3)c2)nc1. The largest absolute Gasteiger partial charge is 0.256 e. The maximum Gasteiger partial charge on any atom is 0.0972 e. The summed E-state index contributed by atoms with van der Waals surface area (Å²) < 4.78 is 0. The van der Waals surface area contributed by atoms with Crippen molar-refractivity contribution in [1.29, 1.82) is 0 Å². The Hall–Kier alpha value is -7.11. The van der Waals surface area contributed by atoms with E-state index >= 15 is 0 Å². The van der Waals surface area contributed by atoms with Crippen LogP contribution in [-0.2, 0) is 0 Å². The van der Waals surface area contributed by atoms with Gasteiger partial charge in [0, 0.05) is 56.2 Å². The normalized spacial score (nSPS) is 11.5. The molecular formula is C47H29N5. The summed E-state index contributed by atoms with van der Waals surface area (Å²) in [4.78, 5) is 24.3. The van der Waals surface area contributed by atoms with Crippen molar-refractivity contribution in [2.45, 2.75) is 0 Å². The van der Waals surface area contributed by atoms with Crippen LogP contribution in [0.3, 0.4) is 0 Å². The molecule has 5 aromatic carbocycles. The average molecular weight is 664 g/mol. The van der Waals surface area contributed by atoms with Gasteiger partial charge in [-0.3, -0.25) is 9.97 Å². The summed E-state index contributed by atoms with van der Waals surface area (Å²) >= 11 is 0. The Morgan fingerprint density at radius 1 is 0.269 bits per heavy atom. The second kappa shape index (κ2) is 12.3. The molecule has 0 saturated heterocycles. The van der Waals surface area contributed by atoms with Gasteiger partial charge in [-0.05, 0) is 83.9 Å². The van der Waals surface area contributed by atoms with E-state index in [0.29, 0.717) is 0 Å². The highest BCUT2D eigenvalue weighted by Crippen LogP contribution is 2.32. The summed E-state index contributed by atoms with van der Waals surface area (Å²) in [6.45, 7) is 0. The molecule has 52 heavy (non-hydrogen) atoms. The zero-order chi connectivity index (χ0) is 34.4. The fraction of sp³-hybridized carbons (Fsp3) is 0. The molecule has 10 rings (SSSR count). The van der Waals surface area contributed by atoms with Gasteiger partial charge in [-0.2, -0.15) is 0 Å². The first-order valence-corrected chi connectivity index (χ1v) is 17.3. The van der Waals surface area contributed by atoms with Crippen LogP contribution in [0.4, 0.5) is 0 Å². The number of hydrogen-bond acceptors (Lipinski definition) is 5. The van der Waals surface area contributed by atoms with E-state index in [1.807, 2.05) is 36.7 Å². The molecule has 0 spiro atoms. The van der Waals surface area contributed by atoms with Crippen molar-refractivity contribution in [3.05, 3.63) is 176 Å². The van der Waals surface area contributed by atoms with Crippen molar-refractivity contribution in [3.8, 4) is 56.2 Å². The lowest BCUT2D eigenvalue weighted by atomic mass is 9.99. The topological polar surface area (TPSA) is 64.5 Å². The van der Waals surface area contributed by atoms with Gasteiger partial charge in [-0.1, -0.05) is 91.0 Å². The van der Waals surface area contributed by atoms with Gasteiger partial charge < -0.3 is 0 Å². The molecule has 0 unspecified atom stereocenters. The third-order valence-corrected chi connectivity index (χ3v) is 9.72. The summed E-state index contributed by atoms with van der Waals surface area (Å²) in [6.07, 6.45) is 3.65. The molecule has 0 N–H and O–H groups in total. The monoisotopic (exact) mass is 663 g/mol. The highest BCUT2D eigenvalue weighted by atomic mass is 14.8. The highest BCUT2D eigenvalue weighted by Gasteiger charge is 2.11. The minimum absolute atomic E-state index is 0.912. The van der Waals surface area contributed by atoms with Crippen LogP contribution in [0.2, 0.25) is 0 Å². The predicted molar refractivity (Wildman–Crippen MR) is 213 cm³/mol. The van der Waals surface area contributed by atoms with Gasteiger partial charge in [-0.25, -0.2) is 15.0 Å². The number of benzene rings is 5. The van der Waals surface area contributed by atoms with Gasteiger partial charge in [0.2, 0.25) is 0 Å². The standard InChI is InChI=1S/C47H29N5/c1-2-24-48-40(11-1)34-6-3-7-35(28-34)41-22-17-38-26-32(15-20-43(38)50-41)33-16-21-44-39(27-33)18-23-42(51-44)36-8-4-9-37(29-36)45-19-14-31-13-12-30-10-5-25-49-46(30)47(31)52-45/h1-29H. The summed E-state index contributed by atoms with van der Waals surface area (Å²) in [5.74, 6) is 0. The average Bonchev–Trinajstić information content (AvgIpc) is 3.23. The Labute approximate surface area is 300 Å². The van der Waals surface area contributed by atoms with Gasteiger partial charge in [0.1, 0.15) is 0 Å². The quantitative estimate of drug-likeness (QED) is 0.171. The van der Waals surface area contributed by atoms with Crippen LogP contribution in [0.15, 0.2) is 176 Å². The molecule has 0 saturated carbocycles. The van der Waals surface area contributed by atoms with Gasteiger partial charge in [0.05, 0.1) is 44.8 Å². The lowest BCUT2D eigenvalue weighted by Gasteiger charge is -2.10. The van der Waals surface area contributed by atoms with Gasteiger partial charge in [0.25, 0.3) is 0 Å². The molecule has 0 aliphatic rings. The highest BCUT2D eigenvalue weighted by molar-refractivity contribution is 6.03. The molecule has 10 aromatic rings. The zero-order valence-corrected chi connectivity index (χ0v) is 28.0. The van der Waals surface area contributed by atoms with E-state index in [1.54, 1.807) is 0 Å². The maximum absolute atomic E-state index is 5.08. The summed E-state index contributed by atoms with van der Waals surface area (Å²) in [6, 6.07) is 56.7. The maximum atomic E-state index is 5.08. The van der Waals surface area contributed by atoms with Gasteiger partial charge in [-0.15, -0.1) is 0 Å². The minimum atomic E-state index is 0.912. The Morgan fingerprint density at radius 2 is 0.788 bits per heavy atom. The molecule has 5 heterocycles. The molecule has 242 valence electrons. The first-order valence-electron chi connectivity index (χ1n) is 17.3. The number of hydrogen-bond donors (Lipinski definition) is 0. The van der Waals surface area contributed by atoms with Crippen LogP contribution >= 0.6 is 0 Å². The second-order valence-corrected chi connectivity index (χ2v) is 13.0. The van der Waals surface area contributed by atoms with Crippen LogP contribution in [0.5, 0.6) is 0 Å². The lowest BCUT2D eigenvalue weighted by molar-refractivity contribution is 1.32. The molecule has 5 nitrogen and oxygen atoms in total. The molecule has 0 atom stereocenters. The van der Waals surface area contributed by atoms with Crippen LogP contribution in [-0.4, -0.2) is 24.9 Å². The number of rotatable bonds is 5. The number of aromatic nitrogens is 5. The van der Waals surface area contributed by atoms with E-state index in [4.69, 9.17) is 15.0 Å². The Morgan fingerprint density at radius 3 is 1.38 bits per heavy atom. The smallest absolute Gasteiger partial charge is 0.0972 e. The van der Waals surface area contributed by atoms with E-state index in [1.165, 1.54) is 0 Å². The van der Waals surface area contributed by atoms with Crippen molar-refractivity contribution in [3.63, 3.8) is 0 Å². The molecule has 0 aliphatic heterocycles. The molecule has 0 amide bonds. The molecule has 0 aliphatic carbocycles. The van der Waals surface area contributed by atoms with Crippen molar-refractivity contribution in [1.82, 2.24) is 24.9 Å². The number of fused-ring (bicyclic) bond motifs is 5. The molecular weight excluding hydrogens is 635 g/mol.